The number of hydrogen-bond donors (Lipinski definition) is 2. The van der Waals surface area contributed by atoms with Crippen molar-refractivity contribution in [1.82, 2.24) is 24.7 Å². The quantitative estimate of drug-likeness (QED) is 0.343. The highest BCUT2D eigenvalue weighted by molar-refractivity contribution is 7.93. The number of para-hydroxylation sites is 1. The zero-order chi connectivity index (χ0) is 29.0. The minimum absolute atomic E-state index is 0.0228. The number of rotatable bonds is 10. The number of aromatic hydroxyl groups is 1. The van der Waals surface area contributed by atoms with Crippen molar-refractivity contribution in [2.24, 2.45) is 4.99 Å². The lowest BCUT2D eigenvalue weighted by Gasteiger charge is -2.24. The van der Waals surface area contributed by atoms with Crippen molar-refractivity contribution in [3.8, 4) is 23.1 Å². The number of nitrogens with one attached hydrogen (secondary N) is 1. The van der Waals surface area contributed by atoms with E-state index >= 15 is 0 Å². The van der Waals surface area contributed by atoms with Gasteiger partial charge >= 0.3 is 0 Å². The Balaban J connectivity index is 1.84. The van der Waals surface area contributed by atoms with Crippen LogP contribution in [0, 0.1) is 6.92 Å². The number of aryl methyl sites for hydroxylation is 1. The smallest absolute Gasteiger partial charge is 0.243 e. The maximum atomic E-state index is 13.7. The first-order valence-electron chi connectivity index (χ1n) is 11.7. The van der Waals surface area contributed by atoms with Gasteiger partial charge in [0.2, 0.25) is 27.7 Å². The predicted octanol–water partition coefficient (Wildman–Crippen LogP) is 2.32. The number of phenolic OH excluding ortho intramolecular Hbond substituents is 1. The molecule has 1 aromatic carbocycles. The first-order chi connectivity index (χ1) is 19.1. The van der Waals surface area contributed by atoms with Crippen LogP contribution in [0.15, 0.2) is 46.9 Å². The number of methoxy groups -OCH3 is 4. The Labute approximate surface area is 230 Å². The van der Waals surface area contributed by atoms with Gasteiger partial charge in [0.15, 0.2) is 11.5 Å². The molecule has 0 spiro atoms. The van der Waals surface area contributed by atoms with Crippen LogP contribution in [-0.4, -0.2) is 77.8 Å². The van der Waals surface area contributed by atoms with Gasteiger partial charge in [-0.1, -0.05) is 11.8 Å². The monoisotopic (exact) mass is 569 g/mol. The van der Waals surface area contributed by atoms with Crippen LogP contribution in [0.3, 0.4) is 0 Å². The summed E-state index contributed by atoms with van der Waals surface area (Å²) in [6.45, 7) is 3.17. The highest BCUT2D eigenvalue weighted by atomic mass is 32.2. The van der Waals surface area contributed by atoms with Gasteiger partial charge < -0.3 is 24.1 Å². The summed E-state index contributed by atoms with van der Waals surface area (Å²) in [6.07, 6.45) is 1.88. The largest absolute Gasteiger partial charge is 0.506 e. The molecule has 15 heteroatoms. The number of sulfonamides is 1. The van der Waals surface area contributed by atoms with Crippen LogP contribution in [0.1, 0.15) is 30.2 Å². The van der Waals surface area contributed by atoms with Crippen LogP contribution < -0.4 is 14.2 Å². The van der Waals surface area contributed by atoms with E-state index < -0.39 is 21.4 Å². The number of anilines is 1. The number of aromatic nitrogens is 5. The normalized spacial score (nSPS) is 14.2. The Morgan fingerprint density at radius 3 is 2.55 bits per heavy atom. The molecule has 0 saturated heterocycles. The second-order valence-corrected chi connectivity index (χ2v) is 10.4. The molecule has 1 aliphatic heterocycles. The molecule has 3 heterocycles. The van der Waals surface area contributed by atoms with E-state index in [4.69, 9.17) is 18.9 Å². The van der Waals surface area contributed by atoms with Crippen molar-refractivity contribution < 1.29 is 32.5 Å². The van der Waals surface area contributed by atoms with Gasteiger partial charge in [0.25, 0.3) is 0 Å². The summed E-state index contributed by atoms with van der Waals surface area (Å²) < 4.78 is 52.6. The van der Waals surface area contributed by atoms with Gasteiger partial charge in [-0.15, -0.1) is 10.2 Å². The van der Waals surface area contributed by atoms with Crippen molar-refractivity contribution in [3.05, 3.63) is 59.1 Å². The molecular formula is C25H27N7O7S. The maximum absolute atomic E-state index is 13.7. The Morgan fingerprint density at radius 2 is 1.88 bits per heavy atom. The van der Waals surface area contributed by atoms with Gasteiger partial charge in [0.1, 0.15) is 34.2 Å². The van der Waals surface area contributed by atoms with E-state index in [0.29, 0.717) is 5.69 Å². The Morgan fingerprint density at radius 1 is 1.10 bits per heavy atom. The molecule has 2 atom stereocenters. The average molecular weight is 570 g/mol. The minimum Gasteiger partial charge on any atom is -0.506 e. The first-order valence-corrected chi connectivity index (χ1v) is 13.3. The van der Waals surface area contributed by atoms with Gasteiger partial charge in [-0.3, -0.25) is 14.3 Å². The van der Waals surface area contributed by atoms with Crippen LogP contribution in [0.4, 0.5) is 5.95 Å². The molecule has 1 aliphatic rings. The molecule has 2 aromatic heterocycles. The number of ether oxygens (including phenoxy) is 4. The summed E-state index contributed by atoms with van der Waals surface area (Å²) in [6, 6.07) is 4.55. The molecule has 210 valence electrons. The van der Waals surface area contributed by atoms with Crippen molar-refractivity contribution in [1.29, 1.82) is 0 Å². The molecule has 0 radical (unpaired) electrons. The summed E-state index contributed by atoms with van der Waals surface area (Å²) in [4.78, 5) is 12.9. The van der Waals surface area contributed by atoms with E-state index in [1.54, 1.807) is 19.1 Å². The number of hydrogen-bond acceptors (Lipinski definition) is 12. The summed E-state index contributed by atoms with van der Waals surface area (Å²) >= 11 is 0. The Hall–Kier alpha value is -4.68. The lowest BCUT2D eigenvalue weighted by molar-refractivity contribution is 0.0955. The standard InChI is InChI=1S/C25H27N7O7S/c1-14-13-26-20(24(27-14)39-6)22(38-5)15(2)40(34,35)31-25-30-29-23(16-9-7-12-19(28-16)37-4)32(25)21-17(33)10-8-11-18(21)36-3/h8,10-13,15,22,33H,1-6H3,(H,30,31)/t15-,22-/m1/s1. The number of nitrogens with zero attached hydrogens (tertiary/aromatic N) is 6. The van der Waals surface area contributed by atoms with E-state index in [0.717, 1.165) is 0 Å². The number of phenols is 1. The Kier molecular flexibility index (Phi) is 8.21. The van der Waals surface area contributed by atoms with E-state index in [-0.39, 0.29) is 52.1 Å². The SMILES string of the molecule is COC1=NC(c2nnc(NS(=O)(=O)[C@H](C)[C@@H](OC)c3ncc(C)nc3OC)n2-c2c(O)cccc2OC)=C=C=C1. The van der Waals surface area contributed by atoms with Gasteiger partial charge in [0.05, 0.1) is 33.1 Å². The third-order valence-electron chi connectivity index (χ3n) is 5.87. The molecule has 3 aromatic rings. The number of benzene rings is 1. The minimum atomic E-state index is -4.26. The van der Waals surface area contributed by atoms with Crippen LogP contribution >= 0.6 is 0 Å². The third kappa shape index (κ3) is 5.40. The summed E-state index contributed by atoms with van der Waals surface area (Å²) in [5, 5.41) is 17.8. The lowest BCUT2D eigenvalue weighted by atomic mass is 10.2. The molecule has 0 fully saturated rings. The van der Waals surface area contributed by atoms with Crippen molar-refractivity contribution in [3.63, 3.8) is 0 Å². The molecule has 0 bridgehead atoms. The highest BCUT2D eigenvalue weighted by Crippen LogP contribution is 2.37. The summed E-state index contributed by atoms with van der Waals surface area (Å²) in [5.41, 5.74) is 6.52. The predicted molar refractivity (Wildman–Crippen MR) is 144 cm³/mol. The average Bonchev–Trinajstić information content (AvgIpc) is 3.35. The lowest BCUT2D eigenvalue weighted by Crippen LogP contribution is -2.33. The molecule has 14 nitrogen and oxygen atoms in total. The summed E-state index contributed by atoms with van der Waals surface area (Å²) in [5.74, 6) is 0.0609. The number of aliphatic imine (C=N–C) groups is 1. The molecule has 2 N–H and O–H groups in total. The van der Waals surface area contributed by atoms with E-state index in [1.165, 1.54) is 58.3 Å². The molecule has 0 aliphatic carbocycles. The van der Waals surface area contributed by atoms with E-state index in [9.17, 15) is 13.5 Å². The van der Waals surface area contributed by atoms with Crippen LogP contribution in [0.25, 0.3) is 11.4 Å². The maximum Gasteiger partial charge on any atom is 0.243 e. The fourth-order valence-corrected chi connectivity index (χ4v) is 5.02. The van der Waals surface area contributed by atoms with Crippen LogP contribution in [-0.2, 0) is 19.5 Å². The first kappa shape index (κ1) is 28.3. The molecule has 0 saturated carbocycles. The molecule has 0 amide bonds. The van der Waals surface area contributed by atoms with Crippen molar-refractivity contribution in [2.45, 2.75) is 25.2 Å². The topological polar surface area (TPSA) is 172 Å². The summed E-state index contributed by atoms with van der Waals surface area (Å²) in [7, 11) is 1.33. The third-order valence-corrected chi connectivity index (χ3v) is 7.56. The van der Waals surface area contributed by atoms with Gasteiger partial charge in [-0.2, -0.15) is 0 Å². The van der Waals surface area contributed by atoms with Gasteiger partial charge in [0, 0.05) is 13.3 Å². The molecule has 0 unspecified atom stereocenters. The molecule has 4 rings (SSSR count). The molecule has 40 heavy (non-hydrogen) atoms. The fourth-order valence-electron chi connectivity index (χ4n) is 3.88. The fraction of sp³-hybridized carbons (Fsp3) is 0.320. The van der Waals surface area contributed by atoms with E-state index in [2.05, 4.69) is 41.3 Å². The Bertz CT molecular complexity index is 1670. The second kappa shape index (κ2) is 11.6. The van der Waals surface area contributed by atoms with Gasteiger partial charge in [-0.05, 0) is 31.7 Å². The van der Waals surface area contributed by atoms with Crippen LogP contribution in [0.2, 0.25) is 0 Å². The zero-order valence-corrected chi connectivity index (χ0v) is 23.3. The van der Waals surface area contributed by atoms with Crippen molar-refractivity contribution in [2.75, 3.05) is 33.2 Å². The molecular weight excluding hydrogens is 542 g/mol. The second-order valence-electron chi connectivity index (χ2n) is 8.34. The van der Waals surface area contributed by atoms with Gasteiger partial charge in [-0.25, -0.2) is 18.4 Å². The van der Waals surface area contributed by atoms with Crippen molar-refractivity contribution >= 4 is 27.6 Å². The highest BCUT2D eigenvalue weighted by Gasteiger charge is 2.36. The zero-order valence-electron chi connectivity index (χ0n) is 22.5. The van der Waals surface area contributed by atoms with Crippen LogP contribution in [0.5, 0.6) is 17.4 Å². The van der Waals surface area contributed by atoms with E-state index in [1.807, 2.05) is 0 Å².